The van der Waals surface area contributed by atoms with E-state index >= 15 is 0 Å². The van der Waals surface area contributed by atoms with Crippen LogP contribution in [0.25, 0.3) is 0 Å². The van der Waals surface area contributed by atoms with E-state index < -0.39 is 12.1 Å². The fourth-order valence-corrected chi connectivity index (χ4v) is 3.32. The molecule has 0 aliphatic heterocycles. The molecule has 1 rings (SSSR count). The third kappa shape index (κ3) is 13.1. The molecule has 0 aromatic rings. The molecule has 0 spiro atoms. The maximum Gasteiger partial charge on any atom is 1.00 e. The summed E-state index contributed by atoms with van der Waals surface area (Å²) in [4.78, 5) is 10.6. The molecule has 0 saturated heterocycles. The third-order valence-electron chi connectivity index (χ3n) is 4.99. The van der Waals surface area contributed by atoms with Crippen molar-refractivity contribution in [3.63, 3.8) is 0 Å². The largest absolute Gasteiger partial charge is 1.00 e. The van der Waals surface area contributed by atoms with Gasteiger partial charge in [0.1, 0.15) is 0 Å². The number of ether oxygens (including phenoxy) is 1. The number of carboxylic acids is 1. The Morgan fingerprint density at radius 3 is 2.80 bits per heavy atom. The molecular formula is C25H33NaO4. The van der Waals surface area contributed by atoms with E-state index in [4.69, 9.17) is 11.2 Å². The van der Waals surface area contributed by atoms with Crippen molar-refractivity contribution in [3.05, 3.63) is 36.0 Å². The van der Waals surface area contributed by atoms with E-state index in [9.17, 15) is 15.0 Å². The van der Waals surface area contributed by atoms with Crippen LogP contribution in [0.2, 0.25) is 0 Å². The van der Waals surface area contributed by atoms with Crippen molar-refractivity contribution < 1.29 is 49.3 Å². The van der Waals surface area contributed by atoms with Gasteiger partial charge in [-0.15, -0.1) is 18.3 Å². The smallest absolute Gasteiger partial charge is 0.550 e. The third-order valence-corrected chi connectivity index (χ3v) is 4.99. The Morgan fingerprint density at radius 1 is 1.37 bits per heavy atom. The molecule has 5 heteroatoms. The van der Waals surface area contributed by atoms with E-state index in [1.807, 2.05) is 13.0 Å². The standard InChI is InChI=1S/C25H34O4.Na/c1-4-6-8-13-21(14-10-16-25(27)28)19-29-23-17-22(24(26)18-23)15-9-12-20(3)11-7-5-2;/h1,6,8-9,13,15,20,22-24,26H,10-12,14,16-19H2,2-3H3,(H,27,28);/q;+1/p-1/b8-6-,15-9+,21-13-;/t20?,22?,23-,24-;/m1./s1. The molecule has 4 nitrogen and oxygen atoms in total. The van der Waals surface area contributed by atoms with Crippen molar-refractivity contribution in [2.75, 3.05) is 6.61 Å². The summed E-state index contributed by atoms with van der Waals surface area (Å²) in [7, 11) is 0. The molecule has 1 aliphatic rings. The minimum absolute atomic E-state index is 0. The summed E-state index contributed by atoms with van der Waals surface area (Å²) in [6.45, 7) is 4.43. The molecule has 0 aromatic heterocycles. The van der Waals surface area contributed by atoms with Crippen LogP contribution < -0.4 is 34.7 Å². The summed E-state index contributed by atoms with van der Waals surface area (Å²) < 4.78 is 6.01. The number of aliphatic hydroxyl groups excluding tert-OH is 1. The van der Waals surface area contributed by atoms with Gasteiger partial charge in [0.15, 0.2) is 0 Å². The van der Waals surface area contributed by atoms with Crippen molar-refractivity contribution in [1.29, 1.82) is 0 Å². The molecule has 30 heavy (non-hydrogen) atoms. The predicted octanol–water partition coefficient (Wildman–Crippen LogP) is 0.178. The van der Waals surface area contributed by atoms with Crippen molar-refractivity contribution in [3.8, 4) is 24.2 Å². The number of aliphatic carboxylic acids is 1. The Balaban J connectivity index is 0.00000841. The average Bonchev–Trinajstić information content (AvgIpc) is 3.03. The molecule has 0 bridgehead atoms. The second-order valence-corrected chi connectivity index (χ2v) is 7.61. The van der Waals surface area contributed by atoms with E-state index in [1.165, 1.54) is 0 Å². The Hall–Kier alpha value is -1.27. The molecule has 158 valence electrons. The van der Waals surface area contributed by atoms with Crippen LogP contribution in [-0.2, 0) is 9.53 Å². The first-order valence-corrected chi connectivity index (χ1v) is 10.3. The summed E-state index contributed by atoms with van der Waals surface area (Å²) in [6.07, 6.45) is 18.7. The maximum absolute atomic E-state index is 10.6. The van der Waals surface area contributed by atoms with Crippen molar-refractivity contribution in [1.82, 2.24) is 0 Å². The summed E-state index contributed by atoms with van der Waals surface area (Å²) in [6, 6.07) is 0. The summed E-state index contributed by atoms with van der Waals surface area (Å²) in [5.41, 5.74) is 0.983. The summed E-state index contributed by atoms with van der Waals surface area (Å²) in [5.74, 6) is 8.01. The normalized spacial score (nSPS) is 22.3. The van der Waals surface area contributed by atoms with Crippen LogP contribution in [0.3, 0.4) is 0 Å². The molecule has 1 fully saturated rings. The molecule has 0 aromatic carbocycles. The average molecular weight is 421 g/mol. The van der Waals surface area contributed by atoms with Crippen molar-refractivity contribution in [2.24, 2.45) is 11.8 Å². The molecule has 0 amide bonds. The molecule has 1 saturated carbocycles. The van der Waals surface area contributed by atoms with E-state index in [-0.39, 0.29) is 48.0 Å². The number of aliphatic hydroxyl groups is 1. The van der Waals surface area contributed by atoms with Gasteiger partial charge in [-0.2, -0.15) is 0 Å². The summed E-state index contributed by atoms with van der Waals surface area (Å²) >= 11 is 0. The minimum Gasteiger partial charge on any atom is -0.550 e. The number of hydrogen-bond donors (Lipinski definition) is 1. The fraction of sp³-hybridized carbons (Fsp3) is 0.560. The number of terminal acetylenes is 1. The molecule has 2 unspecified atom stereocenters. The van der Waals surface area contributed by atoms with Gasteiger partial charge in [-0.1, -0.05) is 37.1 Å². The second-order valence-electron chi connectivity index (χ2n) is 7.61. The quantitative estimate of drug-likeness (QED) is 0.212. The van der Waals surface area contributed by atoms with Crippen LogP contribution in [0.1, 0.15) is 58.8 Å². The number of carbonyl (C=O) groups is 1. The van der Waals surface area contributed by atoms with Crippen molar-refractivity contribution in [2.45, 2.75) is 71.0 Å². The zero-order valence-corrected chi connectivity index (χ0v) is 20.6. The number of carboxylic acid groups (broad SMARTS) is 1. The SMILES string of the molecule is C#C/C=C\C=C(\CCCC(=O)[O-])CO[C@@H]1CC(/C=C/CC(C)CC#CC)[C@H](O)C1.[Na+]. The predicted molar refractivity (Wildman–Crippen MR) is 114 cm³/mol. The molecule has 1 aliphatic carbocycles. The Bertz CT molecular complexity index is 690. The topological polar surface area (TPSA) is 69.6 Å². The van der Waals surface area contributed by atoms with Gasteiger partial charge in [0.25, 0.3) is 0 Å². The Kier molecular flexibility index (Phi) is 16.7. The maximum atomic E-state index is 10.6. The van der Waals surface area contributed by atoms with Crippen LogP contribution in [0.15, 0.2) is 36.0 Å². The minimum atomic E-state index is -1.05. The van der Waals surface area contributed by atoms with Gasteiger partial charge in [-0.25, -0.2) is 0 Å². The number of rotatable bonds is 12. The van der Waals surface area contributed by atoms with Crippen LogP contribution in [0.5, 0.6) is 0 Å². The second kappa shape index (κ2) is 17.4. The molecular weight excluding hydrogens is 387 g/mol. The molecule has 0 heterocycles. The van der Waals surface area contributed by atoms with Crippen LogP contribution in [-0.4, -0.2) is 29.9 Å². The van der Waals surface area contributed by atoms with Gasteiger partial charge in [-0.3, -0.25) is 0 Å². The van der Waals surface area contributed by atoms with Crippen molar-refractivity contribution >= 4 is 5.97 Å². The Labute approximate surface area is 204 Å². The van der Waals surface area contributed by atoms with Crippen LogP contribution >= 0.6 is 0 Å². The number of allylic oxidation sites excluding steroid dienone is 4. The van der Waals surface area contributed by atoms with Gasteiger partial charge in [0.05, 0.1) is 18.8 Å². The van der Waals surface area contributed by atoms with Gasteiger partial charge < -0.3 is 19.7 Å². The Morgan fingerprint density at radius 2 is 2.13 bits per heavy atom. The van der Waals surface area contributed by atoms with E-state index in [2.05, 4.69) is 36.8 Å². The molecule has 1 N–H and O–H groups in total. The molecule has 0 radical (unpaired) electrons. The zero-order valence-electron chi connectivity index (χ0n) is 18.6. The molecule has 4 atom stereocenters. The van der Waals surface area contributed by atoms with E-state index in [1.54, 1.807) is 12.2 Å². The first kappa shape index (κ1) is 28.7. The monoisotopic (exact) mass is 420 g/mol. The fourth-order valence-electron chi connectivity index (χ4n) is 3.32. The first-order valence-electron chi connectivity index (χ1n) is 10.3. The van der Waals surface area contributed by atoms with Gasteiger partial charge in [0, 0.05) is 24.7 Å². The van der Waals surface area contributed by atoms with Crippen LogP contribution in [0, 0.1) is 36.0 Å². The first-order chi connectivity index (χ1) is 14.0. The van der Waals surface area contributed by atoms with E-state index in [0.717, 1.165) is 24.8 Å². The zero-order chi connectivity index (χ0) is 21.5. The summed E-state index contributed by atoms with van der Waals surface area (Å²) in [5, 5.41) is 21.0. The van der Waals surface area contributed by atoms with E-state index in [0.29, 0.717) is 31.8 Å². The van der Waals surface area contributed by atoms with Gasteiger partial charge in [-0.05, 0) is 56.6 Å². The number of hydrogen-bond acceptors (Lipinski definition) is 4. The van der Waals surface area contributed by atoms with Gasteiger partial charge >= 0.3 is 29.6 Å². The van der Waals surface area contributed by atoms with Crippen LogP contribution in [0.4, 0.5) is 0 Å². The van der Waals surface area contributed by atoms with Gasteiger partial charge in [0.2, 0.25) is 0 Å². The number of carbonyl (C=O) groups excluding carboxylic acids is 1.